The van der Waals surface area contributed by atoms with Gasteiger partial charge in [-0.25, -0.2) is 0 Å². The van der Waals surface area contributed by atoms with Gasteiger partial charge in [-0.3, -0.25) is 9.59 Å². The summed E-state index contributed by atoms with van der Waals surface area (Å²) in [5, 5.41) is 22.1. The number of aliphatic hydroxyl groups is 2. The SMILES string of the molecule is COC(=O)CC[C@H](C)[C@@H]1CC[C@]2(C)C3=C(C(=O)C[C@]12C)[C@]1(C)CC[C@H](O)C(C)(C)C1=C(O)C3. The van der Waals surface area contributed by atoms with Crippen molar-refractivity contribution < 1.29 is 24.5 Å². The van der Waals surface area contributed by atoms with Crippen molar-refractivity contribution in [1.29, 1.82) is 0 Å². The Morgan fingerprint density at radius 1 is 1.15 bits per heavy atom. The van der Waals surface area contributed by atoms with E-state index in [1.165, 1.54) is 7.11 Å². The number of carbonyl (C=O) groups excluding carboxylic acids is 2. The molecule has 4 rings (SSSR count). The van der Waals surface area contributed by atoms with Crippen LogP contribution in [0.1, 0.15) is 92.9 Å². The summed E-state index contributed by atoms with van der Waals surface area (Å²) in [6.45, 7) is 12.9. The third kappa shape index (κ3) is 3.20. The molecular weight excluding hydrogens is 416 g/mol. The van der Waals surface area contributed by atoms with Crippen LogP contribution in [-0.4, -0.2) is 35.2 Å². The molecular formula is C28H42O5. The molecule has 0 heterocycles. The van der Waals surface area contributed by atoms with Gasteiger partial charge in [-0.15, -0.1) is 0 Å². The molecule has 5 nitrogen and oxygen atoms in total. The standard InChI is InChI=1S/C28H42O5/c1-16(8-9-22(32)33-7)17-10-13-27(5)18-14-19(29)24-25(2,3)21(31)11-12-26(24,4)23(18)20(30)15-28(17,27)6/h16-17,21,29,31H,8-15H2,1-7H3/t16-,17-,21-,26-,27+,28+/m0/s1. The van der Waals surface area contributed by atoms with Gasteiger partial charge in [-0.1, -0.05) is 41.5 Å². The van der Waals surface area contributed by atoms with E-state index in [1.807, 2.05) is 13.8 Å². The maximum atomic E-state index is 14.0. The van der Waals surface area contributed by atoms with Crippen LogP contribution in [0.15, 0.2) is 22.5 Å². The van der Waals surface area contributed by atoms with Gasteiger partial charge in [0.05, 0.1) is 19.0 Å². The lowest BCUT2D eigenvalue weighted by molar-refractivity contribution is -0.141. The van der Waals surface area contributed by atoms with Crippen LogP contribution >= 0.6 is 0 Å². The van der Waals surface area contributed by atoms with E-state index >= 15 is 0 Å². The van der Waals surface area contributed by atoms with Crippen LogP contribution in [0.3, 0.4) is 0 Å². The Morgan fingerprint density at radius 3 is 2.45 bits per heavy atom. The van der Waals surface area contributed by atoms with E-state index in [4.69, 9.17) is 4.74 Å². The molecule has 0 bridgehead atoms. The van der Waals surface area contributed by atoms with Gasteiger partial charge in [0.15, 0.2) is 5.78 Å². The molecule has 0 aromatic carbocycles. The smallest absolute Gasteiger partial charge is 0.305 e. The largest absolute Gasteiger partial charge is 0.512 e. The van der Waals surface area contributed by atoms with Gasteiger partial charge >= 0.3 is 5.97 Å². The van der Waals surface area contributed by atoms with Crippen LogP contribution < -0.4 is 0 Å². The fourth-order valence-corrected chi connectivity index (χ4v) is 8.62. The minimum Gasteiger partial charge on any atom is -0.512 e. The summed E-state index contributed by atoms with van der Waals surface area (Å²) in [4.78, 5) is 25.7. The number of hydrogen-bond acceptors (Lipinski definition) is 5. The lowest BCUT2D eigenvalue weighted by atomic mass is 9.45. The fourth-order valence-electron chi connectivity index (χ4n) is 8.62. The number of ether oxygens (including phenoxy) is 1. The molecule has 0 radical (unpaired) electrons. The van der Waals surface area contributed by atoms with Gasteiger partial charge in [0.2, 0.25) is 0 Å². The quantitative estimate of drug-likeness (QED) is 0.530. The summed E-state index contributed by atoms with van der Waals surface area (Å²) in [5.74, 6) is 1.06. The molecule has 0 aromatic rings. The first-order chi connectivity index (χ1) is 15.2. The molecule has 33 heavy (non-hydrogen) atoms. The number of rotatable bonds is 4. The molecule has 2 saturated carbocycles. The molecule has 0 aliphatic heterocycles. The third-order valence-electron chi connectivity index (χ3n) is 10.7. The first-order valence-electron chi connectivity index (χ1n) is 12.7. The maximum absolute atomic E-state index is 14.0. The van der Waals surface area contributed by atoms with Crippen LogP contribution in [0.2, 0.25) is 0 Å². The Labute approximate surface area is 198 Å². The van der Waals surface area contributed by atoms with E-state index < -0.39 is 16.9 Å². The Hall–Kier alpha value is -1.62. The summed E-state index contributed by atoms with van der Waals surface area (Å²) in [5.41, 5.74) is 1.50. The van der Waals surface area contributed by atoms with E-state index in [0.717, 1.165) is 36.0 Å². The van der Waals surface area contributed by atoms with Gasteiger partial charge in [0.1, 0.15) is 0 Å². The molecule has 2 fully saturated rings. The zero-order valence-electron chi connectivity index (χ0n) is 21.5. The van der Waals surface area contributed by atoms with Crippen LogP contribution in [0.25, 0.3) is 0 Å². The second-order valence-electron chi connectivity index (χ2n) is 12.5. The highest BCUT2D eigenvalue weighted by Gasteiger charge is 2.65. The number of ketones is 1. The Kier molecular flexibility index (Phi) is 5.71. The minimum absolute atomic E-state index is 0.164. The normalized spacial score (nSPS) is 40.8. The van der Waals surface area contributed by atoms with E-state index in [2.05, 4.69) is 27.7 Å². The van der Waals surface area contributed by atoms with Crippen molar-refractivity contribution in [2.24, 2.45) is 33.5 Å². The third-order valence-corrected chi connectivity index (χ3v) is 10.7. The highest BCUT2D eigenvalue weighted by Crippen LogP contribution is 2.71. The lowest BCUT2D eigenvalue weighted by Gasteiger charge is -2.58. The maximum Gasteiger partial charge on any atom is 0.305 e. The number of hydrogen-bond donors (Lipinski definition) is 2. The monoisotopic (exact) mass is 458 g/mol. The molecule has 0 amide bonds. The van der Waals surface area contributed by atoms with Gasteiger partial charge in [-0.2, -0.15) is 0 Å². The average molecular weight is 459 g/mol. The van der Waals surface area contributed by atoms with Crippen LogP contribution in [-0.2, 0) is 14.3 Å². The van der Waals surface area contributed by atoms with Crippen molar-refractivity contribution in [3.05, 3.63) is 22.5 Å². The van der Waals surface area contributed by atoms with Crippen LogP contribution in [0, 0.1) is 33.5 Å². The van der Waals surface area contributed by atoms with Crippen molar-refractivity contribution in [2.45, 2.75) is 99.0 Å². The molecule has 2 N–H and O–H groups in total. The molecule has 4 aliphatic carbocycles. The molecule has 184 valence electrons. The summed E-state index contributed by atoms with van der Waals surface area (Å²) < 4.78 is 4.85. The predicted molar refractivity (Wildman–Crippen MR) is 127 cm³/mol. The van der Waals surface area contributed by atoms with Gasteiger partial charge < -0.3 is 14.9 Å². The fraction of sp³-hybridized carbons (Fsp3) is 0.786. The molecule has 4 aliphatic rings. The molecule has 0 aromatic heterocycles. The van der Waals surface area contributed by atoms with E-state index in [0.29, 0.717) is 49.7 Å². The summed E-state index contributed by atoms with van der Waals surface area (Å²) in [6, 6.07) is 0. The molecule has 5 heteroatoms. The van der Waals surface area contributed by atoms with E-state index in [1.54, 1.807) is 0 Å². The Bertz CT molecular complexity index is 942. The summed E-state index contributed by atoms with van der Waals surface area (Å²) >= 11 is 0. The van der Waals surface area contributed by atoms with Crippen molar-refractivity contribution in [2.75, 3.05) is 7.11 Å². The van der Waals surface area contributed by atoms with Crippen LogP contribution in [0.5, 0.6) is 0 Å². The molecule has 0 spiro atoms. The highest BCUT2D eigenvalue weighted by atomic mass is 16.5. The lowest BCUT2D eigenvalue weighted by Crippen LogP contribution is -2.53. The second kappa shape index (κ2) is 7.69. The first kappa shape index (κ1) is 24.5. The topological polar surface area (TPSA) is 83.8 Å². The zero-order chi connectivity index (χ0) is 24.6. The number of carbonyl (C=O) groups is 2. The number of methoxy groups -OCH3 is 1. The molecule has 0 unspecified atom stereocenters. The van der Waals surface area contributed by atoms with Crippen molar-refractivity contribution in [3.63, 3.8) is 0 Å². The average Bonchev–Trinajstić information content (AvgIpc) is 3.00. The Morgan fingerprint density at radius 2 is 1.82 bits per heavy atom. The molecule has 6 atom stereocenters. The van der Waals surface area contributed by atoms with Gasteiger partial charge in [0.25, 0.3) is 0 Å². The van der Waals surface area contributed by atoms with Crippen molar-refractivity contribution in [3.8, 4) is 0 Å². The number of fused-ring (bicyclic) bond motifs is 4. The van der Waals surface area contributed by atoms with Crippen molar-refractivity contribution >= 4 is 11.8 Å². The van der Waals surface area contributed by atoms with Crippen LogP contribution in [0.4, 0.5) is 0 Å². The number of allylic oxidation sites excluding steroid dienone is 2. The minimum atomic E-state index is -0.557. The predicted octanol–water partition coefficient (Wildman–Crippen LogP) is 5.67. The van der Waals surface area contributed by atoms with E-state index in [-0.39, 0.29) is 22.6 Å². The summed E-state index contributed by atoms with van der Waals surface area (Å²) in [6.07, 6.45) is 4.92. The first-order valence-corrected chi connectivity index (χ1v) is 12.7. The highest BCUT2D eigenvalue weighted by molar-refractivity contribution is 6.00. The van der Waals surface area contributed by atoms with Gasteiger partial charge in [0, 0.05) is 35.7 Å². The van der Waals surface area contributed by atoms with E-state index in [9.17, 15) is 19.8 Å². The Balaban J connectivity index is 1.75. The molecule has 0 saturated heterocycles. The van der Waals surface area contributed by atoms with Crippen molar-refractivity contribution in [1.82, 2.24) is 0 Å². The number of aliphatic hydroxyl groups excluding tert-OH is 2. The number of Topliss-reactive ketones (excluding diaryl/α,β-unsaturated/α-hetero) is 1. The zero-order valence-corrected chi connectivity index (χ0v) is 21.5. The second-order valence-corrected chi connectivity index (χ2v) is 12.5. The number of esters is 1. The summed E-state index contributed by atoms with van der Waals surface area (Å²) in [7, 11) is 1.43. The van der Waals surface area contributed by atoms with Gasteiger partial charge in [-0.05, 0) is 65.9 Å².